The van der Waals surface area contributed by atoms with Crippen LogP contribution in [0.3, 0.4) is 0 Å². The number of carbonyl (C=O) groups excluding carboxylic acids is 1. The van der Waals surface area contributed by atoms with Gasteiger partial charge in [-0.05, 0) is 34.5 Å². The van der Waals surface area contributed by atoms with E-state index in [0.29, 0.717) is 21.2 Å². The highest BCUT2D eigenvalue weighted by Crippen LogP contribution is 2.24. The topological polar surface area (TPSA) is 54.0 Å². The lowest BCUT2D eigenvalue weighted by molar-refractivity contribution is -0.120. The summed E-state index contributed by atoms with van der Waals surface area (Å²) >= 11 is 9.06. The second-order valence-electron chi connectivity index (χ2n) is 4.23. The van der Waals surface area contributed by atoms with Crippen molar-refractivity contribution in [2.75, 3.05) is 18.4 Å². The Balaban J connectivity index is 2.05. The van der Waals surface area contributed by atoms with E-state index in [2.05, 4.69) is 38.5 Å². The maximum Gasteiger partial charge on any atom is 0.229 e. The van der Waals surface area contributed by atoms with E-state index in [0.717, 1.165) is 13.1 Å². The molecule has 17 heavy (non-hydrogen) atoms. The number of pyridine rings is 1. The zero-order chi connectivity index (χ0) is 12.4. The van der Waals surface area contributed by atoms with Gasteiger partial charge in [-0.2, -0.15) is 0 Å². The minimum absolute atomic E-state index is 0.0180. The van der Waals surface area contributed by atoms with Gasteiger partial charge in [0.1, 0.15) is 5.15 Å². The monoisotopic (exact) mass is 317 g/mol. The SMILES string of the molecule is CC1CNCC1C(=O)Nc1cnc(Cl)c(Br)c1. The predicted octanol–water partition coefficient (Wildman–Crippen LogP) is 2.29. The Morgan fingerprint density at radius 1 is 1.65 bits per heavy atom. The van der Waals surface area contributed by atoms with Crippen molar-refractivity contribution in [3.05, 3.63) is 21.9 Å². The molecule has 1 saturated heterocycles. The normalized spacial score (nSPS) is 23.7. The second-order valence-corrected chi connectivity index (χ2v) is 5.44. The number of nitrogens with one attached hydrogen (secondary N) is 2. The third kappa shape index (κ3) is 2.97. The van der Waals surface area contributed by atoms with Crippen LogP contribution in [0.15, 0.2) is 16.7 Å². The molecule has 1 aliphatic heterocycles. The molecule has 1 fully saturated rings. The van der Waals surface area contributed by atoms with Crippen LogP contribution in [0.25, 0.3) is 0 Å². The molecule has 0 bridgehead atoms. The molecule has 1 amide bonds. The van der Waals surface area contributed by atoms with Crippen molar-refractivity contribution in [3.63, 3.8) is 0 Å². The first kappa shape index (κ1) is 12.8. The highest BCUT2D eigenvalue weighted by molar-refractivity contribution is 9.10. The molecule has 2 N–H and O–H groups in total. The van der Waals surface area contributed by atoms with E-state index in [9.17, 15) is 4.79 Å². The van der Waals surface area contributed by atoms with Gasteiger partial charge in [0.2, 0.25) is 5.91 Å². The lowest BCUT2D eigenvalue weighted by atomic mass is 9.97. The number of hydrogen-bond acceptors (Lipinski definition) is 3. The largest absolute Gasteiger partial charge is 0.324 e. The zero-order valence-electron chi connectivity index (χ0n) is 9.34. The lowest BCUT2D eigenvalue weighted by Gasteiger charge is -2.14. The van der Waals surface area contributed by atoms with E-state index in [-0.39, 0.29) is 11.8 Å². The Morgan fingerprint density at radius 3 is 3.00 bits per heavy atom. The fourth-order valence-corrected chi connectivity index (χ4v) is 2.34. The van der Waals surface area contributed by atoms with Crippen molar-refractivity contribution in [1.29, 1.82) is 0 Å². The van der Waals surface area contributed by atoms with E-state index in [1.165, 1.54) is 0 Å². The van der Waals surface area contributed by atoms with Crippen LogP contribution in [-0.4, -0.2) is 24.0 Å². The summed E-state index contributed by atoms with van der Waals surface area (Å²) in [5.74, 6) is 0.404. The second kappa shape index (κ2) is 5.33. The molecule has 2 atom stereocenters. The molecule has 2 rings (SSSR count). The Bertz CT molecular complexity index is 441. The number of hydrogen-bond donors (Lipinski definition) is 2. The summed E-state index contributed by atoms with van der Waals surface area (Å²) in [7, 11) is 0. The quantitative estimate of drug-likeness (QED) is 0.823. The van der Waals surface area contributed by atoms with Crippen LogP contribution in [0.4, 0.5) is 5.69 Å². The van der Waals surface area contributed by atoms with Crippen LogP contribution >= 0.6 is 27.5 Å². The van der Waals surface area contributed by atoms with Gasteiger partial charge in [0, 0.05) is 6.54 Å². The Kier molecular flexibility index (Phi) is 4.01. The molecular formula is C11H13BrClN3O. The molecule has 92 valence electrons. The fourth-order valence-electron chi connectivity index (χ4n) is 1.89. The molecule has 0 aliphatic carbocycles. The minimum atomic E-state index is 0.0180. The average Bonchev–Trinajstić information content (AvgIpc) is 2.70. The van der Waals surface area contributed by atoms with Gasteiger partial charge in [-0.25, -0.2) is 4.98 Å². The first-order chi connectivity index (χ1) is 8.08. The van der Waals surface area contributed by atoms with Crippen LogP contribution in [0.1, 0.15) is 6.92 Å². The van der Waals surface area contributed by atoms with Crippen molar-refractivity contribution < 1.29 is 4.79 Å². The van der Waals surface area contributed by atoms with Gasteiger partial charge < -0.3 is 10.6 Å². The van der Waals surface area contributed by atoms with Gasteiger partial charge in [0.05, 0.1) is 22.3 Å². The van der Waals surface area contributed by atoms with Crippen LogP contribution in [-0.2, 0) is 4.79 Å². The smallest absolute Gasteiger partial charge is 0.229 e. The molecule has 0 aromatic carbocycles. The van der Waals surface area contributed by atoms with Crippen LogP contribution in [0.2, 0.25) is 5.15 Å². The van der Waals surface area contributed by atoms with Gasteiger partial charge in [0.25, 0.3) is 0 Å². The molecule has 6 heteroatoms. The first-order valence-corrected chi connectivity index (χ1v) is 6.57. The molecule has 0 radical (unpaired) electrons. The van der Waals surface area contributed by atoms with Crippen molar-refractivity contribution in [2.45, 2.75) is 6.92 Å². The van der Waals surface area contributed by atoms with E-state index in [1.807, 2.05) is 0 Å². The molecule has 2 heterocycles. The highest BCUT2D eigenvalue weighted by atomic mass is 79.9. The number of carbonyl (C=O) groups is 1. The number of nitrogens with zero attached hydrogens (tertiary/aromatic N) is 1. The minimum Gasteiger partial charge on any atom is -0.324 e. The summed E-state index contributed by atoms with van der Waals surface area (Å²) in [5, 5.41) is 6.44. The van der Waals surface area contributed by atoms with Gasteiger partial charge >= 0.3 is 0 Å². The van der Waals surface area contributed by atoms with Crippen LogP contribution in [0, 0.1) is 11.8 Å². The van der Waals surface area contributed by atoms with E-state index >= 15 is 0 Å². The third-order valence-corrected chi connectivity index (χ3v) is 4.05. The summed E-state index contributed by atoms with van der Waals surface area (Å²) in [6.45, 7) is 3.69. The van der Waals surface area contributed by atoms with Gasteiger partial charge in [0.15, 0.2) is 0 Å². The molecule has 1 aromatic heterocycles. The van der Waals surface area contributed by atoms with Gasteiger partial charge in [-0.3, -0.25) is 4.79 Å². The van der Waals surface area contributed by atoms with Crippen molar-refractivity contribution >= 4 is 39.1 Å². The maximum absolute atomic E-state index is 12.0. The number of anilines is 1. The Hall–Kier alpha value is -0.650. The van der Waals surface area contributed by atoms with Crippen LogP contribution < -0.4 is 10.6 Å². The van der Waals surface area contributed by atoms with E-state index in [1.54, 1.807) is 12.3 Å². The van der Waals surface area contributed by atoms with Crippen molar-refractivity contribution in [3.8, 4) is 0 Å². The van der Waals surface area contributed by atoms with E-state index in [4.69, 9.17) is 11.6 Å². The van der Waals surface area contributed by atoms with Gasteiger partial charge in [-0.1, -0.05) is 18.5 Å². The maximum atomic E-state index is 12.0. The van der Waals surface area contributed by atoms with Crippen molar-refractivity contribution in [2.24, 2.45) is 11.8 Å². The molecule has 4 nitrogen and oxygen atoms in total. The van der Waals surface area contributed by atoms with Gasteiger partial charge in [-0.15, -0.1) is 0 Å². The number of aromatic nitrogens is 1. The molecular weight excluding hydrogens is 305 g/mol. The highest BCUT2D eigenvalue weighted by Gasteiger charge is 2.29. The molecule has 1 aliphatic rings. The lowest BCUT2D eigenvalue weighted by Crippen LogP contribution is -2.27. The molecule has 0 saturated carbocycles. The summed E-state index contributed by atoms with van der Waals surface area (Å²) in [6.07, 6.45) is 1.55. The molecule has 0 spiro atoms. The average molecular weight is 319 g/mol. The Morgan fingerprint density at radius 2 is 2.41 bits per heavy atom. The van der Waals surface area contributed by atoms with E-state index < -0.39 is 0 Å². The third-order valence-electron chi connectivity index (χ3n) is 2.92. The fraction of sp³-hybridized carbons (Fsp3) is 0.455. The zero-order valence-corrected chi connectivity index (χ0v) is 11.7. The molecule has 2 unspecified atom stereocenters. The number of amides is 1. The summed E-state index contributed by atoms with van der Waals surface area (Å²) < 4.78 is 0.676. The standard InChI is InChI=1S/C11H13BrClN3O/c1-6-3-14-5-8(6)11(17)16-7-2-9(12)10(13)15-4-7/h2,4,6,8,14H,3,5H2,1H3,(H,16,17). The molecule has 1 aromatic rings. The predicted molar refractivity (Wildman–Crippen MR) is 71.1 cm³/mol. The van der Waals surface area contributed by atoms with Crippen molar-refractivity contribution in [1.82, 2.24) is 10.3 Å². The van der Waals surface area contributed by atoms with Crippen LogP contribution in [0.5, 0.6) is 0 Å². The number of halogens is 2. The summed E-state index contributed by atoms with van der Waals surface area (Å²) in [4.78, 5) is 16.0. The Labute approximate surface area is 113 Å². The summed E-state index contributed by atoms with van der Waals surface area (Å²) in [5.41, 5.74) is 0.658. The number of rotatable bonds is 2. The first-order valence-electron chi connectivity index (χ1n) is 5.40. The summed E-state index contributed by atoms with van der Waals surface area (Å²) in [6, 6.07) is 1.75.